The van der Waals surface area contributed by atoms with E-state index in [1.165, 1.54) is 5.56 Å². The molecule has 5 rings (SSSR count). The first kappa shape index (κ1) is 27.0. The zero-order valence-electron chi connectivity index (χ0n) is 23.3. The normalized spacial score (nSPS) is 16.4. The Morgan fingerprint density at radius 1 is 0.975 bits per heavy atom. The number of para-hydroxylation sites is 1. The second-order valence-electron chi connectivity index (χ2n) is 10.1. The predicted molar refractivity (Wildman–Crippen MR) is 153 cm³/mol. The molecule has 1 aliphatic rings. The number of hydrogen-bond donors (Lipinski definition) is 1. The van der Waals surface area contributed by atoms with E-state index < -0.39 is 5.54 Å². The van der Waals surface area contributed by atoms with E-state index >= 15 is 0 Å². The number of amides is 2. The zero-order chi connectivity index (χ0) is 28.3. The van der Waals surface area contributed by atoms with E-state index in [1.54, 1.807) is 36.8 Å². The summed E-state index contributed by atoms with van der Waals surface area (Å²) < 4.78 is 12.4. The van der Waals surface area contributed by atoms with Crippen molar-refractivity contribution in [2.45, 2.75) is 45.4 Å². The molecule has 0 fully saturated rings. The number of ether oxygens (including phenoxy) is 2. The van der Waals surface area contributed by atoms with Gasteiger partial charge in [0, 0.05) is 24.2 Å². The van der Waals surface area contributed by atoms with Gasteiger partial charge in [-0.15, -0.1) is 0 Å². The fourth-order valence-electron chi connectivity index (χ4n) is 5.07. The Bertz CT molecular complexity index is 1510. The molecule has 0 aliphatic carbocycles. The molecule has 1 atom stereocenters. The Kier molecular flexibility index (Phi) is 7.60. The van der Waals surface area contributed by atoms with Crippen molar-refractivity contribution in [2.75, 3.05) is 14.2 Å². The quantitative estimate of drug-likeness (QED) is 0.329. The molecule has 1 aliphatic heterocycles. The summed E-state index contributed by atoms with van der Waals surface area (Å²) in [5.74, 6) is 0.930. The Labute approximate surface area is 234 Å². The van der Waals surface area contributed by atoms with Crippen LogP contribution in [0, 0.1) is 0 Å². The minimum atomic E-state index is -1.18. The van der Waals surface area contributed by atoms with E-state index in [9.17, 15) is 9.59 Å². The summed E-state index contributed by atoms with van der Waals surface area (Å²) in [5, 5.41) is 7.80. The number of fused-ring (bicyclic) bond motifs is 1. The number of carbonyl (C=O) groups excluding carboxylic acids is 2. The van der Waals surface area contributed by atoms with Gasteiger partial charge in [-0.25, -0.2) is 0 Å². The third kappa shape index (κ3) is 5.17. The molecule has 206 valence electrons. The highest BCUT2D eigenvalue weighted by Gasteiger charge is 2.48. The van der Waals surface area contributed by atoms with E-state index in [-0.39, 0.29) is 24.9 Å². The summed E-state index contributed by atoms with van der Waals surface area (Å²) in [6.45, 7) is 4.70. The van der Waals surface area contributed by atoms with Crippen molar-refractivity contribution in [2.24, 2.45) is 0 Å². The number of nitrogens with one attached hydrogen (secondary N) is 1. The summed E-state index contributed by atoms with van der Waals surface area (Å²) >= 11 is 0. The zero-order valence-corrected chi connectivity index (χ0v) is 23.3. The third-order valence-electron chi connectivity index (χ3n) is 7.58. The van der Waals surface area contributed by atoms with Crippen molar-refractivity contribution in [3.8, 4) is 22.8 Å². The lowest BCUT2D eigenvalue weighted by atomic mass is 9.93. The highest BCUT2D eigenvalue weighted by atomic mass is 16.5. The minimum absolute atomic E-state index is 0.217. The first-order valence-electron chi connectivity index (χ1n) is 13.4. The molecule has 4 aromatic rings. The third-order valence-corrected chi connectivity index (χ3v) is 7.58. The van der Waals surface area contributed by atoms with Gasteiger partial charge < -0.3 is 19.7 Å². The maximum absolute atomic E-state index is 14.0. The maximum atomic E-state index is 14.0. The van der Waals surface area contributed by atoms with Crippen LogP contribution >= 0.6 is 0 Å². The van der Waals surface area contributed by atoms with Crippen LogP contribution in [0.15, 0.2) is 78.9 Å². The molecule has 8 heteroatoms. The van der Waals surface area contributed by atoms with Crippen LogP contribution in [0.2, 0.25) is 0 Å². The molecule has 2 heterocycles. The van der Waals surface area contributed by atoms with Crippen molar-refractivity contribution >= 4 is 11.8 Å². The molecule has 2 amide bonds. The predicted octanol–water partition coefficient (Wildman–Crippen LogP) is 4.86. The summed E-state index contributed by atoms with van der Waals surface area (Å²) in [6, 6.07) is 25.1. The number of nitrogens with zero attached hydrogens (tertiary/aromatic N) is 3. The Balaban J connectivity index is 1.48. The number of rotatable bonds is 9. The minimum Gasteiger partial charge on any atom is -0.497 e. The summed E-state index contributed by atoms with van der Waals surface area (Å²) in [5.41, 5.74) is 3.82. The lowest BCUT2D eigenvalue weighted by Crippen LogP contribution is -2.63. The van der Waals surface area contributed by atoms with Gasteiger partial charge in [0.2, 0.25) is 5.91 Å². The Hall–Kier alpha value is -4.59. The molecular formula is C32H34N4O4. The molecule has 40 heavy (non-hydrogen) atoms. The summed E-state index contributed by atoms with van der Waals surface area (Å²) in [7, 11) is 3.22. The van der Waals surface area contributed by atoms with Gasteiger partial charge in [0.05, 0.1) is 26.5 Å². The number of benzene rings is 3. The van der Waals surface area contributed by atoms with Crippen molar-refractivity contribution in [1.82, 2.24) is 20.0 Å². The fraction of sp³-hybridized carbons (Fsp3) is 0.281. The largest absolute Gasteiger partial charge is 0.497 e. The molecule has 1 aromatic heterocycles. The topological polar surface area (TPSA) is 85.7 Å². The molecule has 0 unspecified atom stereocenters. The van der Waals surface area contributed by atoms with Crippen LogP contribution in [0.1, 0.15) is 41.0 Å². The molecule has 3 aromatic carbocycles. The molecule has 8 nitrogen and oxygen atoms in total. The number of aryl methyl sites for hydroxylation is 1. The van der Waals surface area contributed by atoms with Crippen LogP contribution in [-0.2, 0) is 30.8 Å². The van der Waals surface area contributed by atoms with E-state index in [0.717, 1.165) is 28.9 Å². The van der Waals surface area contributed by atoms with Crippen molar-refractivity contribution in [3.05, 3.63) is 101 Å². The van der Waals surface area contributed by atoms with Gasteiger partial charge in [-0.2, -0.15) is 5.10 Å². The average molecular weight is 539 g/mol. The van der Waals surface area contributed by atoms with Crippen molar-refractivity contribution < 1.29 is 19.1 Å². The molecule has 0 radical (unpaired) electrons. The molecule has 0 bridgehead atoms. The van der Waals surface area contributed by atoms with E-state index in [2.05, 4.69) is 24.4 Å². The van der Waals surface area contributed by atoms with E-state index in [4.69, 9.17) is 14.6 Å². The van der Waals surface area contributed by atoms with Gasteiger partial charge in [-0.1, -0.05) is 49.4 Å². The van der Waals surface area contributed by atoms with Crippen LogP contribution in [0.4, 0.5) is 0 Å². The Morgan fingerprint density at radius 2 is 1.68 bits per heavy atom. The standard InChI is InChI=1S/C32H34N4O4/c1-5-22-10-12-23(13-11-22)20-35-30(37)28-18-27(24-14-16-26(39-3)17-15-24)34-36(28)21-32(35,2)31(38)33-19-25-8-6-7-9-29(25)40-4/h6-18H,5,19-21H2,1-4H3,(H,33,38)/t32-/m1/s1. The van der Waals surface area contributed by atoms with Gasteiger partial charge in [0.25, 0.3) is 5.91 Å². The lowest BCUT2D eigenvalue weighted by molar-refractivity contribution is -0.133. The number of aromatic nitrogens is 2. The van der Waals surface area contributed by atoms with Gasteiger partial charge in [0.1, 0.15) is 22.7 Å². The second kappa shape index (κ2) is 11.3. The van der Waals surface area contributed by atoms with E-state index in [1.807, 2.05) is 60.7 Å². The van der Waals surface area contributed by atoms with Crippen molar-refractivity contribution in [3.63, 3.8) is 0 Å². The number of methoxy groups -OCH3 is 2. The van der Waals surface area contributed by atoms with Gasteiger partial charge in [-0.3, -0.25) is 14.3 Å². The number of hydrogen-bond acceptors (Lipinski definition) is 5. The van der Waals surface area contributed by atoms with Gasteiger partial charge in [-0.05, 0) is 60.9 Å². The van der Waals surface area contributed by atoms with Crippen LogP contribution in [-0.4, -0.2) is 46.3 Å². The highest BCUT2D eigenvalue weighted by Crippen LogP contribution is 2.32. The maximum Gasteiger partial charge on any atom is 0.273 e. The van der Waals surface area contributed by atoms with Crippen LogP contribution in [0.3, 0.4) is 0 Å². The van der Waals surface area contributed by atoms with E-state index in [0.29, 0.717) is 23.7 Å². The second-order valence-corrected chi connectivity index (χ2v) is 10.1. The molecular weight excluding hydrogens is 504 g/mol. The molecule has 0 saturated heterocycles. The van der Waals surface area contributed by atoms with Crippen LogP contribution in [0.5, 0.6) is 11.5 Å². The molecule has 0 spiro atoms. The van der Waals surface area contributed by atoms with Crippen molar-refractivity contribution in [1.29, 1.82) is 0 Å². The average Bonchev–Trinajstić information content (AvgIpc) is 3.42. The summed E-state index contributed by atoms with van der Waals surface area (Å²) in [6.07, 6.45) is 0.930. The lowest BCUT2D eigenvalue weighted by Gasteiger charge is -2.43. The molecule has 0 saturated carbocycles. The smallest absolute Gasteiger partial charge is 0.273 e. The first-order chi connectivity index (χ1) is 19.4. The highest BCUT2D eigenvalue weighted by molar-refractivity contribution is 6.00. The first-order valence-corrected chi connectivity index (χ1v) is 13.4. The summed E-state index contributed by atoms with van der Waals surface area (Å²) in [4.78, 5) is 29.6. The van der Waals surface area contributed by atoms with Crippen LogP contribution in [0.25, 0.3) is 11.3 Å². The SMILES string of the molecule is CCc1ccc(CN2C(=O)c3cc(-c4ccc(OC)cc4)nn3C[C@]2(C)C(=O)NCc2ccccc2OC)cc1. The molecule has 1 N–H and O–H groups in total. The van der Waals surface area contributed by atoms with Crippen LogP contribution < -0.4 is 14.8 Å². The fourth-order valence-corrected chi connectivity index (χ4v) is 5.07. The number of carbonyl (C=O) groups is 2. The Morgan fingerprint density at radius 3 is 2.35 bits per heavy atom. The monoisotopic (exact) mass is 538 g/mol. The van der Waals surface area contributed by atoms with Gasteiger partial charge >= 0.3 is 0 Å². The van der Waals surface area contributed by atoms with Gasteiger partial charge in [0.15, 0.2) is 0 Å².